The molecule has 0 bridgehead atoms. The van der Waals surface area contributed by atoms with Crippen molar-refractivity contribution in [1.82, 2.24) is 4.98 Å². The van der Waals surface area contributed by atoms with E-state index in [0.717, 1.165) is 12.0 Å². The van der Waals surface area contributed by atoms with Crippen LogP contribution in [0.1, 0.15) is 25.8 Å². The Hall–Kier alpha value is -0.900. The van der Waals surface area contributed by atoms with Gasteiger partial charge in [-0.3, -0.25) is 4.98 Å². The van der Waals surface area contributed by atoms with Crippen molar-refractivity contribution >= 4 is 9.84 Å². The molecular formula is C11H17NO2S. The number of hydrogen-bond acceptors (Lipinski definition) is 3. The van der Waals surface area contributed by atoms with Crippen molar-refractivity contribution in [3.05, 3.63) is 30.1 Å². The molecule has 84 valence electrons. The summed E-state index contributed by atoms with van der Waals surface area (Å²) in [6.45, 7) is 4.05. The summed E-state index contributed by atoms with van der Waals surface area (Å²) in [5.74, 6) is 0.793. The summed E-state index contributed by atoms with van der Waals surface area (Å²) in [4.78, 5) is 3.90. The van der Waals surface area contributed by atoms with Gasteiger partial charge in [-0.25, -0.2) is 8.42 Å². The van der Waals surface area contributed by atoms with E-state index in [9.17, 15) is 8.42 Å². The van der Waals surface area contributed by atoms with E-state index in [-0.39, 0.29) is 11.5 Å². The molecule has 1 rings (SSSR count). The van der Waals surface area contributed by atoms with Crippen LogP contribution in [0.2, 0.25) is 0 Å². The fourth-order valence-corrected chi connectivity index (χ4v) is 2.88. The van der Waals surface area contributed by atoms with Crippen molar-refractivity contribution in [1.29, 1.82) is 0 Å². The first-order valence-corrected chi connectivity index (χ1v) is 6.91. The molecule has 0 fully saturated rings. The maximum Gasteiger partial charge on any atom is 0.154 e. The summed E-state index contributed by atoms with van der Waals surface area (Å²) in [5.41, 5.74) is 0.765. The molecule has 1 heterocycles. The summed E-state index contributed by atoms with van der Waals surface area (Å²) in [5, 5.41) is 0. The molecule has 0 aliphatic rings. The Morgan fingerprint density at radius 1 is 1.40 bits per heavy atom. The quantitative estimate of drug-likeness (QED) is 0.773. The molecule has 0 radical (unpaired) electrons. The van der Waals surface area contributed by atoms with Gasteiger partial charge in [-0.1, -0.05) is 19.9 Å². The van der Waals surface area contributed by atoms with E-state index in [1.165, 1.54) is 0 Å². The first-order valence-electron chi connectivity index (χ1n) is 5.09. The molecule has 0 spiro atoms. The lowest BCUT2D eigenvalue weighted by Gasteiger charge is -2.06. The molecule has 0 N–H and O–H groups in total. The molecule has 0 saturated carbocycles. The highest BCUT2D eigenvalue weighted by atomic mass is 32.2. The van der Waals surface area contributed by atoms with Crippen LogP contribution in [0.15, 0.2) is 24.5 Å². The van der Waals surface area contributed by atoms with Crippen molar-refractivity contribution in [2.45, 2.75) is 26.0 Å². The molecular weight excluding hydrogens is 210 g/mol. The SMILES string of the molecule is CC(C)CCS(=O)(=O)Cc1cccnc1. The summed E-state index contributed by atoms with van der Waals surface area (Å²) in [6.07, 6.45) is 3.97. The second-order valence-electron chi connectivity index (χ2n) is 4.14. The summed E-state index contributed by atoms with van der Waals surface area (Å²) in [7, 11) is -2.97. The predicted molar refractivity (Wildman–Crippen MR) is 61.2 cm³/mol. The maximum absolute atomic E-state index is 11.7. The highest BCUT2D eigenvalue weighted by molar-refractivity contribution is 7.90. The fraction of sp³-hybridized carbons (Fsp3) is 0.545. The summed E-state index contributed by atoms with van der Waals surface area (Å²) >= 11 is 0. The highest BCUT2D eigenvalue weighted by Gasteiger charge is 2.12. The van der Waals surface area contributed by atoms with Gasteiger partial charge in [0.1, 0.15) is 0 Å². The van der Waals surface area contributed by atoms with Gasteiger partial charge in [0.15, 0.2) is 9.84 Å². The minimum atomic E-state index is -2.97. The van der Waals surface area contributed by atoms with Crippen molar-refractivity contribution in [2.75, 3.05) is 5.75 Å². The van der Waals surface area contributed by atoms with E-state index >= 15 is 0 Å². The van der Waals surface area contributed by atoms with Crippen LogP contribution in [0.25, 0.3) is 0 Å². The van der Waals surface area contributed by atoms with Gasteiger partial charge in [-0.15, -0.1) is 0 Å². The molecule has 0 aromatic carbocycles. The summed E-state index contributed by atoms with van der Waals surface area (Å²) in [6, 6.07) is 3.55. The largest absolute Gasteiger partial charge is 0.264 e. The normalized spacial score (nSPS) is 11.9. The number of rotatable bonds is 5. The van der Waals surface area contributed by atoms with Gasteiger partial charge < -0.3 is 0 Å². The minimum absolute atomic E-state index is 0.105. The zero-order valence-electron chi connectivity index (χ0n) is 9.18. The lowest BCUT2D eigenvalue weighted by atomic mass is 10.2. The van der Waals surface area contributed by atoms with E-state index in [2.05, 4.69) is 4.98 Å². The second-order valence-corrected chi connectivity index (χ2v) is 6.32. The Morgan fingerprint density at radius 2 is 2.13 bits per heavy atom. The van der Waals surface area contributed by atoms with Gasteiger partial charge in [0.05, 0.1) is 11.5 Å². The molecule has 0 saturated heterocycles. The van der Waals surface area contributed by atoms with Crippen LogP contribution in [0.4, 0.5) is 0 Å². The van der Waals surface area contributed by atoms with Crippen LogP contribution in [-0.2, 0) is 15.6 Å². The third kappa shape index (κ3) is 4.93. The van der Waals surface area contributed by atoms with Crippen LogP contribution in [0.3, 0.4) is 0 Å². The van der Waals surface area contributed by atoms with Gasteiger partial charge >= 0.3 is 0 Å². The lowest BCUT2D eigenvalue weighted by molar-refractivity contribution is 0.573. The van der Waals surface area contributed by atoms with E-state index in [4.69, 9.17) is 0 Å². The average molecular weight is 227 g/mol. The van der Waals surface area contributed by atoms with E-state index < -0.39 is 9.84 Å². The van der Waals surface area contributed by atoms with E-state index in [1.807, 2.05) is 13.8 Å². The molecule has 3 nitrogen and oxygen atoms in total. The Labute approximate surface area is 91.5 Å². The predicted octanol–water partition coefficient (Wildman–Crippen LogP) is 2.04. The van der Waals surface area contributed by atoms with Crippen LogP contribution in [-0.4, -0.2) is 19.2 Å². The van der Waals surface area contributed by atoms with Gasteiger partial charge in [-0.2, -0.15) is 0 Å². The summed E-state index contributed by atoms with van der Waals surface area (Å²) < 4.78 is 23.4. The van der Waals surface area contributed by atoms with Crippen LogP contribution < -0.4 is 0 Å². The third-order valence-electron chi connectivity index (χ3n) is 2.12. The molecule has 0 aliphatic heterocycles. The Balaban J connectivity index is 2.57. The average Bonchev–Trinajstić information content (AvgIpc) is 2.16. The number of pyridine rings is 1. The lowest BCUT2D eigenvalue weighted by Crippen LogP contribution is -2.11. The van der Waals surface area contributed by atoms with E-state index in [0.29, 0.717) is 5.92 Å². The zero-order valence-corrected chi connectivity index (χ0v) is 10.00. The molecule has 1 aromatic heterocycles. The van der Waals surface area contributed by atoms with Gasteiger partial charge in [0.25, 0.3) is 0 Å². The van der Waals surface area contributed by atoms with Gasteiger partial charge in [-0.05, 0) is 24.0 Å². The number of aromatic nitrogens is 1. The van der Waals surface area contributed by atoms with Gasteiger partial charge in [0, 0.05) is 12.4 Å². The van der Waals surface area contributed by atoms with E-state index in [1.54, 1.807) is 24.5 Å². The van der Waals surface area contributed by atoms with Crippen molar-refractivity contribution < 1.29 is 8.42 Å². The molecule has 15 heavy (non-hydrogen) atoms. The first kappa shape index (κ1) is 12.2. The molecule has 0 atom stereocenters. The minimum Gasteiger partial charge on any atom is -0.264 e. The monoisotopic (exact) mass is 227 g/mol. The second kappa shape index (κ2) is 5.26. The number of nitrogens with zero attached hydrogens (tertiary/aromatic N) is 1. The fourth-order valence-electron chi connectivity index (χ4n) is 1.22. The number of hydrogen-bond donors (Lipinski definition) is 0. The first-order chi connectivity index (χ1) is 6.99. The zero-order chi connectivity index (χ0) is 11.3. The third-order valence-corrected chi connectivity index (χ3v) is 3.75. The molecule has 0 aliphatic carbocycles. The van der Waals surface area contributed by atoms with Crippen LogP contribution in [0, 0.1) is 5.92 Å². The van der Waals surface area contributed by atoms with Crippen LogP contribution >= 0.6 is 0 Å². The Morgan fingerprint density at radius 3 is 2.67 bits per heavy atom. The standard InChI is InChI=1S/C11H17NO2S/c1-10(2)5-7-15(13,14)9-11-4-3-6-12-8-11/h3-4,6,8,10H,5,7,9H2,1-2H3. The smallest absolute Gasteiger partial charge is 0.154 e. The Bertz CT molecular complexity index is 384. The van der Waals surface area contributed by atoms with Crippen molar-refractivity contribution in [3.8, 4) is 0 Å². The maximum atomic E-state index is 11.7. The van der Waals surface area contributed by atoms with Gasteiger partial charge in [0.2, 0.25) is 0 Å². The molecule has 4 heteroatoms. The topological polar surface area (TPSA) is 47.0 Å². The molecule has 0 unspecified atom stereocenters. The van der Waals surface area contributed by atoms with Crippen molar-refractivity contribution in [2.24, 2.45) is 5.92 Å². The Kier molecular flexibility index (Phi) is 4.27. The molecule has 0 amide bonds. The van der Waals surface area contributed by atoms with Crippen molar-refractivity contribution in [3.63, 3.8) is 0 Å². The number of sulfone groups is 1. The molecule has 1 aromatic rings. The van der Waals surface area contributed by atoms with Crippen LogP contribution in [0.5, 0.6) is 0 Å². The highest BCUT2D eigenvalue weighted by Crippen LogP contribution is 2.09.